The molecule has 132 valence electrons. The number of anilines is 1. The molecule has 1 atom stereocenters. The van der Waals surface area contributed by atoms with Crippen LogP contribution in [0.15, 0.2) is 36.7 Å². The van der Waals surface area contributed by atoms with E-state index in [9.17, 15) is 9.18 Å². The molecule has 0 unspecified atom stereocenters. The average molecular weight is 342 g/mol. The van der Waals surface area contributed by atoms with E-state index in [1.165, 1.54) is 6.07 Å². The Morgan fingerprint density at radius 3 is 2.92 bits per heavy atom. The molecule has 1 saturated heterocycles. The van der Waals surface area contributed by atoms with Crippen molar-refractivity contribution in [2.75, 3.05) is 18.0 Å². The van der Waals surface area contributed by atoms with Crippen molar-refractivity contribution in [2.45, 2.75) is 33.2 Å². The van der Waals surface area contributed by atoms with Crippen molar-refractivity contribution in [3.63, 3.8) is 0 Å². The molecule has 1 aromatic heterocycles. The maximum atomic E-state index is 13.7. The fourth-order valence-corrected chi connectivity index (χ4v) is 3.26. The smallest absolute Gasteiger partial charge is 0.227 e. The molecule has 1 amide bonds. The standard InChI is InChI=1S/C19H23FN4O/c1-14-10-17(23-13-22-14)24-9-5-8-19(2,12-24)18(25)21-11-15-6-3-4-7-16(15)20/h3-4,6-7,10,13H,5,8-9,11-12H2,1-2H3,(H,21,25)/t19-/m0/s1. The molecule has 1 aromatic carbocycles. The van der Waals surface area contributed by atoms with Crippen LogP contribution in [0.2, 0.25) is 0 Å². The molecule has 1 fully saturated rings. The first-order chi connectivity index (χ1) is 12.0. The molecule has 0 spiro atoms. The zero-order valence-electron chi connectivity index (χ0n) is 14.6. The lowest BCUT2D eigenvalue weighted by Gasteiger charge is -2.40. The number of benzene rings is 1. The summed E-state index contributed by atoms with van der Waals surface area (Å²) >= 11 is 0. The number of amides is 1. The van der Waals surface area contributed by atoms with E-state index in [-0.39, 0.29) is 18.3 Å². The average Bonchev–Trinajstić information content (AvgIpc) is 2.61. The predicted molar refractivity (Wildman–Crippen MR) is 94.6 cm³/mol. The molecule has 0 radical (unpaired) electrons. The number of piperidine rings is 1. The molecular weight excluding hydrogens is 319 g/mol. The van der Waals surface area contributed by atoms with Gasteiger partial charge >= 0.3 is 0 Å². The minimum atomic E-state index is -0.525. The van der Waals surface area contributed by atoms with Crippen LogP contribution in [-0.2, 0) is 11.3 Å². The largest absolute Gasteiger partial charge is 0.355 e. The minimum absolute atomic E-state index is 0.0498. The van der Waals surface area contributed by atoms with Gasteiger partial charge in [-0.25, -0.2) is 14.4 Å². The molecule has 2 aromatic rings. The fourth-order valence-electron chi connectivity index (χ4n) is 3.26. The lowest BCUT2D eigenvalue weighted by Crippen LogP contribution is -2.50. The van der Waals surface area contributed by atoms with Crippen LogP contribution in [0.25, 0.3) is 0 Å². The Balaban J connectivity index is 1.67. The number of hydrogen-bond donors (Lipinski definition) is 1. The highest BCUT2D eigenvalue weighted by Gasteiger charge is 2.38. The number of aryl methyl sites for hydroxylation is 1. The van der Waals surface area contributed by atoms with E-state index in [4.69, 9.17) is 0 Å². The zero-order valence-corrected chi connectivity index (χ0v) is 14.6. The van der Waals surface area contributed by atoms with Gasteiger partial charge in [-0.15, -0.1) is 0 Å². The highest BCUT2D eigenvalue weighted by atomic mass is 19.1. The zero-order chi connectivity index (χ0) is 17.9. The van der Waals surface area contributed by atoms with Crippen LogP contribution in [0.1, 0.15) is 31.0 Å². The van der Waals surface area contributed by atoms with Gasteiger partial charge in [-0.1, -0.05) is 18.2 Å². The van der Waals surface area contributed by atoms with Crippen molar-refractivity contribution in [2.24, 2.45) is 5.41 Å². The summed E-state index contributed by atoms with van der Waals surface area (Å²) in [6.07, 6.45) is 3.26. The number of hydrogen-bond acceptors (Lipinski definition) is 4. The van der Waals surface area contributed by atoms with Gasteiger partial charge in [0, 0.05) is 37.0 Å². The first-order valence-electron chi connectivity index (χ1n) is 8.53. The van der Waals surface area contributed by atoms with Crippen LogP contribution >= 0.6 is 0 Å². The van der Waals surface area contributed by atoms with Crippen LogP contribution in [0.3, 0.4) is 0 Å². The van der Waals surface area contributed by atoms with Crippen LogP contribution in [0, 0.1) is 18.2 Å². The second-order valence-electron chi connectivity index (χ2n) is 6.88. The number of nitrogens with one attached hydrogen (secondary N) is 1. The van der Waals surface area contributed by atoms with Crippen LogP contribution in [0.5, 0.6) is 0 Å². The van der Waals surface area contributed by atoms with Gasteiger partial charge in [0.05, 0.1) is 5.41 Å². The third-order valence-corrected chi connectivity index (χ3v) is 4.76. The summed E-state index contributed by atoms with van der Waals surface area (Å²) < 4.78 is 13.7. The molecular formula is C19H23FN4O. The highest BCUT2D eigenvalue weighted by Crippen LogP contribution is 2.32. The molecule has 25 heavy (non-hydrogen) atoms. The van der Waals surface area contributed by atoms with Crippen molar-refractivity contribution in [3.8, 4) is 0 Å². The second-order valence-corrected chi connectivity index (χ2v) is 6.88. The van der Waals surface area contributed by atoms with Gasteiger partial charge in [0.15, 0.2) is 0 Å². The number of carbonyl (C=O) groups excluding carboxylic acids is 1. The van der Waals surface area contributed by atoms with Crippen LogP contribution < -0.4 is 10.2 Å². The van der Waals surface area contributed by atoms with Crippen LogP contribution in [0.4, 0.5) is 10.2 Å². The molecule has 1 aliphatic rings. The summed E-state index contributed by atoms with van der Waals surface area (Å²) in [6.45, 7) is 5.55. The molecule has 0 bridgehead atoms. The van der Waals surface area contributed by atoms with Crippen molar-refractivity contribution >= 4 is 11.7 Å². The summed E-state index contributed by atoms with van der Waals surface area (Å²) in [5, 5.41) is 2.90. The summed E-state index contributed by atoms with van der Waals surface area (Å²) in [6, 6.07) is 8.44. The first kappa shape index (κ1) is 17.3. The Labute approximate surface area is 147 Å². The summed E-state index contributed by atoms with van der Waals surface area (Å²) in [5.74, 6) is 0.501. The maximum absolute atomic E-state index is 13.7. The highest BCUT2D eigenvalue weighted by molar-refractivity contribution is 5.83. The van der Waals surface area contributed by atoms with E-state index < -0.39 is 5.41 Å². The molecule has 2 heterocycles. The monoisotopic (exact) mass is 342 g/mol. The predicted octanol–water partition coefficient (Wildman–Crippen LogP) is 2.85. The molecule has 0 aliphatic carbocycles. The molecule has 6 heteroatoms. The van der Waals surface area contributed by atoms with E-state index >= 15 is 0 Å². The molecule has 5 nitrogen and oxygen atoms in total. The van der Waals surface area contributed by atoms with E-state index in [2.05, 4.69) is 20.2 Å². The van der Waals surface area contributed by atoms with Gasteiger partial charge in [0.1, 0.15) is 18.0 Å². The molecule has 3 rings (SSSR count). The van der Waals surface area contributed by atoms with E-state index in [1.54, 1.807) is 24.5 Å². The number of carbonyl (C=O) groups is 1. The van der Waals surface area contributed by atoms with Crippen LogP contribution in [-0.4, -0.2) is 29.0 Å². The number of rotatable bonds is 4. The summed E-state index contributed by atoms with van der Waals surface area (Å²) in [5.41, 5.74) is 0.877. The Morgan fingerprint density at radius 2 is 2.16 bits per heavy atom. The lowest BCUT2D eigenvalue weighted by molar-refractivity contribution is -0.130. The summed E-state index contributed by atoms with van der Waals surface area (Å²) in [7, 11) is 0. The van der Waals surface area contributed by atoms with Crippen molar-refractivity contribution in [3.05, 3.63) is 53.7 Å². The van der Waals surface area contributed by atoms with Gasteiger partial charge in [-0.05, 0) is 32.8 Å². The maximum Gasteiger partial charge on any atom is 0.227 e. The lowest BCUT2D eigenvalue weighted by atomic mass is 9.81. The third-order valence-electron chi connectivity index (χ3n) is 4.76. The molecule has 1 aliphatic heterocycles. The van der Waals surface area contributed by atoms with Crippen molar-refractivity contribution in [1.29, 1.82) is 0 Å². The minimum Gasteiger partial charge on any atom is -0.355 e. The Bertz CT molecular complexity index is 767. The van der Waals surface area contributed by atoms with Crippen molar-refractivity contribution in [1.82, 2.24) is 15.3 Å². The summed E-state index contributed by atoms with van der Waals surface area (Å²) in [4.78, 5) is 23.3. The first-order valence-corrected chi connectivity index (χ1v) is 8.53. The van der Waals surface area contributed by atoms with Gasteiger partial charge in [0.2, 0.25) is 5.91 Å². The Morgan fingerprint density at radius 1 is 1.36 bits per heavy atom. The van der Waals surface area contributed by atoms with E-state index in [0.717, 1.165) is 30.9 Å². The van der Waals surface area contributed by atoms with Gasteiger partial charge in [-0.2, -0.15) is 0 Å². The third kappa shape index (κ3) is 3.95. The number of aromatic nitrogens is 2. The van der Waals surface area contributed by atoms with E-state index in [0.29, 0.717) is 12.1 Å². The van der Waals surface area contributed by atoms with Crippen molar-refractivity contribution < 1.29 is 9.18 Å². The van der Waals surface area contributed by atoms with E-state index in [1.807, 2.05) is 19.9 Å². The molecule has 0 saturated carbocycles. The molecule has 1 N–H and O–H groups in total. The number of nitrogens with zero attached hydrogens (tertiary/aromatic N) is 3. The van der Waals surface area contributed by atoms with Gasteiger partial charge in [-0.3, -0.25) is 4.79 Å². The quantitative estimate of drug-likeness (QED) is 0.928. The van der Waals surface area contributed by atoms with Gasteiger partial charge in [0.25, 0.3) is 0 Å². The SMILES string of the molecule is Cc1cc(N2CCC[C@](C)(C(=O)NCc3ccccc3F)C2)ncn1. The topological polar surface area (TPSA) is 58.1 Å². The van der Waals surface area contributed by atoms with Gasteiger partial charge < -0.3 is 10.2 Å². The normalized spacial score (nSPS) is 20.4. The second kappa shape index (κ2) is 7.17. The Hall–Kier alpha value is -2.50. The fraction of sp³-hybridized carbons (Fsp3) is 0.421. The Kier molecular flexibility index (Phi) is 4.97. The number of halogens is 1.